The van der Waals surface area contributed by atoms with E-state index in [0.29, 0.717) is 0 Å². The molecule has 0 bridgehead atoms. The van der Waals surface area contributed by atoms with Crippen LogP contribution in [0.4, 0.5) is 0 Å². The van der Waals surface area contributed by atoms with Crippen LogP contribution >= 0.6 is 0 Å². The highest BCUT2D eigenvalue weighted by molar-refractivity contribution is 5.21. The van der Waals surface area contributed by atoms with Crippen LogP contribution in [0.3, 0.4) is 0 Å². The van der Waals surface area contributed by atoms with Crippen molar-refractivity contribution in [2.45, 2.75) is 64.7 Å². The summed E-state index contributed by atoms with van der Waals surface area (Å²) in [5, 5.41) is 0. The molecule has 0 saturated carbocycles. The van der Waals surface area contributed by atoms with Crippen molar-refractivity contribution in [2.75, 3.05) is 0 Å². The van der Waals surface area contributed by atoms with E-state index in [1.807, 2.05) is 66.8 Å². The van der Waals surface area contributed by atoms with Crippen molar-refractivity contribution >= 4 is 0 Å². The Bertz CT molecular complexity index is 559. The first-order chi connectivity index (χ1) is 13.9. The molecule has 0 unspecified atom stereocenters. The van der Waals surface area contributed by atoms with E-state index < -0.39 is 0 Å². The van der Waals surface area contributed by atoms with Crippen LogP contribution in [-0.2, 0) is 0 Å². The van der Waals surface area contributed by atoms with Crippen LogP contribution in [0.1, 0.15) is 64.7 Å². The number of rotatable bonds is 17. The minimum Gasteiger partial charge on any atom is -0.0845 e. The topological polar surface area (TPSA) is 0 Å². The number of unbranched alkanes of at least 4 members (excludes halogenated alkanes) is 8. The number of hydrogen-bond acceptors (Lipinski definition) is 0. The summed E-state index contributed by atoms with van der Waals surface area (Å²) in [5.41, 5.74) is 0. The zero-order chi connectivity index (χ0) is 20.4. The molecule has 0 aliphatic heterocycles. The molecule has 0 aromatic rings. The van der Waals surface area contributed by atoms with E-state index in [2.05, 4.69) is 31.2 Å². The number of hydrogen-bond donors (Lipinski definition) is 0. The van der Waals surface area contributed by atoms with E-state index in [-0.39, 0.29) is 0 Å². The summed E-state index contributed by atoms with van der Waals surface area (Å²) in [6, 6.07) is 0. The Kier molecular flexibility index (Phi) is 22.6. The van der Waals surface area contributed by atoms with E-state index in [1.165, 1.54) is 63.9 Å². The molecule has 0 heteroatoms. The van der Waals surface area contributed by atoms with E-state index in [1.54, 1.807) is 6.08 Å². The van der Waals surface area contributed by atoms with Gasteiger partial charge in [-0.15, -0.1) is 0 Å². The van der Waals surface area contributed by atoms with Gasteiger partial charge in [0.1, 0.15) is 0 Å². The molecule has 1 radical (unpaired) electrons. The zero-order valence-corrected chi connectivity index (χ0v) is 17.8. The second kappa shape index (κ2) is 24.7. The molecule has 28 heavy (non-hydrogen) atoms. The van der Waals surface area contributed by atoms with Crippen molar-refractivity contribution in [1.29, 1.82) is 0 Å². The Balaban J connectivity index is 3.62. The molecule has 0 aliphatic carbocycles. The van der Waals surface area contributed by atoms with Gasteiger partial charge in [-0.1, -0.05) is 162 Å². The molecular weight excluding hydrogens is 336 g/mol. The van der Waals surface area contributed by atoms with E-state index in [0.717, 1.165) is 0 Å². The summed E-state index contributed by atoms with van der Waals surface area (Å²) in [5.74, 6) is 0. The van der Waals surface area contributed by atoms with Crippen LogP contribution in [0.25, 0.3) is 0 Å². The van der Waals surface area contributed by atoms with Crippen LogP contribution in [-0.4, -0.2) is 0 Å². The predicted molar refractivity (Wildman–Crippen MR) is 129 cm³/mol. The molecule has 0 heterocycles. The second-order valence-electron chi connectivity index (χ2n) is 6.58. The smallest absolute Gasteiger partial charge is 0.0348 e. The molecule has 0 nitrogen and oxygen atoms in total. The Morgan fingerprint density at radius 2 is 0.786 bits per heavy atom. The lowest BCUT2D eigenvalue weighted by Crippen LogP contribution is -1.79. The largest absolute Gasteiger partial charge is 0.0845 e. The van der Waals surface area contributed by atoms with Gasteiger partial charge in [-0.3, -0.25) is 0 Å². The molecule has 0 rings (SSSR count). The molecule has 0 spiro atoms. The van der Waals surface area contributed by atoms with Crippen molar-refractivity contribution in [3.8, 4) is 0 Å². The quantitative estimate of drug-likeness (QED) is 0.176. The van der Waals surface area contributed by atoms with Gasteiger partial charge in [0.2, 0.25) is 0 Å². The fraction of sp³-hybridized carbons (Fsp3) is 0.357. The molecule has 151 valence electrons. The maximum absolute atomic E-state index is 5.23. The molecule has 0 atom stereocenters. The third-order valence-electron chi connectivity index (χ3n) is 4.03. The van der Waals surface area contributed by atoms with Crippen molar-refractivity contribution in [1.82, 2.24) is 0 Å². The van der Waals surface area contributed by atoms with Gasteiger partial charge in [0.05, 0.1) is 0 Å². The van der Waals surface area contributed by atoms with Gasteiger partial charge in [-0.2, -0.15) is 0 Å². The van der Waals surface area contributed by atoms with Gasteiger partial charge in [-0.25, -0.2) is 0 Å². The fourth-order valence-electron chi connectivity index (χ4n) is 2.47. The van der Waals surface area contributed by atoms with Gasteiger partial charge < -0.3 is 0 Å². The Hall–Kier alpha value is -2.34. The molecule has 0 fully saturated rings. The molecule has 0 N–H and O–H groups in total. The average molecular weight is 376 g/mol. The molecule has 0 aromatic carbocycles. The van der Waals surface area contributed by atoms with Crippen LogP contribution in [0.5, 0.6) is 0 Å². The molecular formula is C28H39. The van der Waals surface area contributed by atoms with Crippen molar-refractivity contribution in [3.63, 3.8) is 0 Å². The van der Waals surface area contributed by atoms with Crippen LogP contribution in [0.15, 0.2) is 103 Å². The Labute approximate surface area is 174 Å². The standard InChI is InChI=1S/C28H39/c1-3-5-7-9-11-13-15-17-19-21-23-25-27-28-26-24-22-20-18-16-14-12-10-8-6-4-2/h1,3,5,7,9,11,13,15,17,19,21-28H,4,6,8,10,12,14,16,18,20H2,2H3. The fourth-order valence-corrected chi connectivity index (χ4v) is 2.47. The molecule has 0 amide bonds. The minimum atomic E-state index is 1.19. The second-order valence-corrected chi connectivity index (χ2v) is 6.58. The number of allylic oxidation sites excluding steroid dienone is 17. The lowest BCUT2D eigenvalue weighted by atomic mass is 10.1. The highest BCUT2D eigenvalue weighted by Crippen LogP contribution is 2.09. The summed E-state index contributed by atoms with van der Waals surface area (Å²) in [4.78, 5) is 0. The van der Waals surface area contributed by atoms with Gasteiger partial charge in [0, 0.05) is 0 Å². The highest BCUT2D eigenvalue weighted by atomic mass is 14.0. The lowest BCUT2D eigenvalue weighted by molar-refractivity contribution is 0.577. The maximum Gasteiger partial charge on any atom is -0.0348 e. The van der Waals surface area contributed by atoms with E-state index in [4.69, 9.17) is 6.58 Å². The molecule has 0 aliphatic rings. The predicted octanol–water partition coefficient (Wildman–Crippen LogP) is 8.96. The third kappa shape index (κ3) is 23.7. The zero-order valence-electron chi connectivity index (χ0n) is 17.8. The summed E-state index contributed by atoms with van der Waals surface area (Å²) < 4.78 is 0. The normalized spacial score (nSPS) is 13.5. The summed E-state index contributed by atoms with van der Waals surface area (Å²) in [7, 11) is 0. The Morgan fingerprint density at radius 3 is 1.21 bits per heavy atom. The maximum atomic E-state index is 5.23. The van der Waals surface area contributed by atoms with Gasteiger partial charge >= 0.3 is 0 Å². The summed E-state index contributed by atoms with van der Waals surface area (Å²) in [6.07, 6.45) is 46.0. The molecule has 0 saturated heterocycles. The SMILES string of the molecule is [CH]=CC=CC=CC=CC=CC=CC=CC=CC=CCCCCCCCCCC. The van der Waals surface area contributed by atoms with E-state index in [9.17, 15) is 0 Å². The third-order valence-corrected chi connectivity index (χ3v) is 4.03. The van der Waals surface area contributed by atoms with Crippen LogP contribution in [0, 0.1) is 6.58 Å². The molecule has 0 aromatic heterocycles. The average Bonchev–Trinajstić information content (AvgIpc) is 2.71. The van der Waals surface area contributed by atoms with Gasteiger partial charge in [0.25, 0.3) is 0 Å². The van der Waals surface area contributed by atoms with E-state index >= 15 is 0 Å². The van der Waals surface area contributed by atoms with Gasteiger partial charge in [0.15, 0.2) is 0 Å². The summed E-state index contributed by atoms with van der Waals surface area (Å²) in [6.45, 7) is 7.50. The first-order valence-electron chi connectivity index (χ1n) is 10.8. The van der Waals surface area contributed by atoms with Crippen LogP contribution in [0.2, 0.25) is 0 Å². The van der Waals surface area contributed by atoms with Crippen LogP contribution < -0.4 is 0 Å². The Morgan fingerprint density at radius 1 is 0.429 bits per heavy atom. The summed E-state index contributed by atoms with van der Waals surface area (Å²) >= 11 is 0. The first kappa shape index (κ1) is 25.7. The van der Waals surface area contributed by atoms with Gasteiger partial charge in [-0.05, 0) is 12.8 Å². The first-order valence-corrected chi connectivity index (χ1v) is 10.8. The lowest BCUT2D eigenvalue weighted by Gasteiger charge is -1.99. The van der Waals surface area contributed by atoms with Crippen molar-refractivity contribution in [2.24, 2.45) is 0 Å². The monoisotopic (exact) mass is 375 g/mol. The van der Waals surface area contributed by atoms with Crippen molar-refractivity contribution in [3.05, 3.63) is 110 Å². The highest BCUT2D eigenvalue weighted by Gasteiger charge is 1.89. The minimum absolute atomic E-state index is 1.19. The van der Waals surface area contributed by atoms with Crippen molar-refractivity contribution < 1.29 is 0 Å².